The lowest BCUT2D eigenvalue weighted by Gasteiger charge is -2.08. The fraction of sp³-hybridized carbons (Fsp3) is 0.167. The maximum absolute atomic E-state index is 12.5. The van der Waals surface area contributed by atoms with Crippen LogP contribution in [0.5, 0.6) is 0 Å². The van der Waals surface area contributed by atoms with Gasteiger partial charge in [0.15, 0.2) is 0 Å². The van der Waals surface area contributed by atoms with Gasteiger partial charge in [0.25, 0.3) is 5.69 Å². The van der Waals surface area contributed by atoms with Gasteiger partial charge in [-0.05, 0) is 32.0 Å². The van der Waals surface area contributed by atoms with Crippen molar-refractivity contribution >= 4 is 15.7 Å². The fourth-order valence-corrected chi connectivity index (χ4v) is 3.80. The second kappa shape index (κ2) is 7.29. The number of hydrogen-bond acceptors (Lipinski definition) is 5. The number of nitro groups is 1. The van der Waals surface area contributed by atoms with Crippen molar-refractivity contribution in [1.29, 1.82) is 0 Å². The number of aromatic nitrogens is 2. The first-order valence-electron chi connectivity index (χ1n) is 8.14. The summed E-state index contributed by atoms with van der Waals surface area (Å²) < 4.78 is 29.3. The quantitative estimate of drug-likeness (QED) is 0.518. The molecule has 0 amide bonds. The molecule has 3 rings (SSSR count). The Bertz CT molecular complexity index is 1090. The van der Waals surface area contributed by atoms with E-state index in [-0.39, 0.29) is 17.1 Å². The number of nitro benzene ring substituents is 1. The van der Waals surface area contributed by atoms with Crippen LogP contribution in [0.4, 0.5) is 5.69 Å². The van der Waals surface area contributed by atoms with Crippen LogP contribution in [0.15, 0.2) is 59.5 Å². The number of nitrogens with zero attached hydrogens (tertiary/aromatic N) is 3. The summed E-state index contributed by atoms with van der Waals surface area (Å²) in [5.41, 5.74) is 2.89. The summed E-state index contributed by atoms with van der Waals surface area (Å²) in [6.07, 6.45) is 0. The highest BCUT2D eigenvalue weighted by Gasteiger charge is 2.20. The minimum absolute atomic E-state index is 0.0372. The average Bonchev–Trinajstić information content (AvgIpc) is 2.95. The molecule has 1 heterocycles. The summed E-state index contributed by atoms with van der Waals surface area (Å²) in [4.78, 5) is 10.1. The van der Waals surface area contributed by atoms with E-state index in [0.29, 0.717) is 5.69 Å². The lowest BCUT2D eigenvalue weighted by Crippen LogP contribution is -2.24. The van der Waals surface area contributed by atoms with E-state index >= 15 is 0 Å². The molecule has 27 heavy (non-hydrogen) atoms. The molecule has 0 aliphatic heterocycles. The molecule has 0 spiro atoms. The van der Waals surface area contributed by atoms with Gasteiger partial charge < -0.3 is 0 Å². The maximum Gasteiger partial charge on any atom is 0.270 e. The molecule has 0 aliphatic rings. The van der Waals surface area contributed by atoms with E-state index in [9.17, 15) is 18.5 Å². The largest absolute Gasteiger partial charge is 0.270 e. The molecule has 0 fully saturated rings. The molecule has 0 unspecified atom stereocenters. The van der Waals surface area contributed by atoms with Crippen LogP contribution < -0.4 is 4.72 Å². The molecular weight excluding hydrogens is 368 g/mol. The van der Waals surface area contributed by atoms with E-state index in [4.69, 9.17) is 0 Å². The molecule has 3 aromatic rings. The van der Waals surface area contributed by atoms with E-state index in [1.54, 1.807) is 4.68 Å². The summed E-state index contributed by atoms with van der Waals surface area (Å²) in [6, 6.07) is 14.5. The van der Waals surface area contributed by atoms with Gasteiger partial charge in [-0.3, -0.25) is 10.1 Å². The Morgan fingerprint density at radius 3 is 2.48 bits per heavy atom. The average molecular weight is 386 g/mol. The Morgan fingerprint density at radius 1 is 1.11 bits per heavy atom. The van der Waals surface area contributed by atoms with Gasteiger partial charge in [-0.2, -0.15) is 5.10 Å². The van der Waals surface area contributed by atoms with E-state index in [2.05, 4.69) is 9.82 Å². The first-order valence-corrected chi connectivity index (χ1v) is 9.62. The van der Waals surface area contributed by atoms with E-state index in [1.807, 2.05) is 44.2 Å². The number of nitrogens with one attached hydrogen (secondary N) is 1. The van der Waals surface area contributed by atoms with Gasteiger partial charge in [0.05, 0.1) is 21.2 Å². The fourth-order valence-electron chi connectivity index (χ4n) is 2.77. The molecule has 9 heteroatoms. The first-order chi connectivity index (χ1) is 12.8. The molecule has 0 bridgehead atoms. The van der Waals surface area contributed by atoms with Crippen molar-refractivity contribution in [2.75, 3.05) is 0 Å². The first kappa shape index (κ1) is 18.7. The van der Waals surface area contributed by atoms with Gasteiger partial charge in [0, 0.05) is 29.9 Å². The number of sulfonamides is 1. The summed E-state index contributed by atoms with van der Waals surface area (Å²) in [6.45, 7) is 3.71. The van der Waals surface area contributed by atoms with Crippen LogP contribution in [0.25, 0.3) is 5.69 Å². The Balaban J connectivity index is 1.86. The van der Waals surface area contributed by atoms with Crippen LogP contribution in [-0.2, 0) is 16.6 Å². The minimum Gasteiger partial charge on any atom is -0.258 e. The third kappa shape index (κ3) is 3.88. The number of rotatable bonds is 6. The van der Waals surface area contributed by atoms with Crippen molar-refractivity contribution in [1.82, 2.24) is 14.5 Å². The van der Waals surface area contributed by atoms with E-state index in [0.717, 1.165) is 23.0 Å². The molecule has 0 saturated carbocycles. The van der Waals surface area contributed by atoms with Gasteiger partial charge >= 0.3 is 0 Å². The lowest BCUT2D eigenvalue weighted by molar-refractivity contribution is -0.385. The van der Waals surface area contributed by atoms with Crippen LogP contribution in [0.2, 0.25) is 0 Å². The molecule has 1 N–H and O–H groups in total. The second-order valence-electron chi connectivity index (χ2n) is 5.98. The third-order valence-electron chi connectivity index (χ3n) is 4.22. The number of aryl methyl sites for hydroxylation is 1. The van der Waals surface area contributed by atoms with Crippen LogP contribution in [0.1, 0.15) is 17.0 Å². The van der Waals surface area contributed by atoms with Gasteiger partial charge in [-0.25, -0.2) is 17.8 Å². The Kier molecular flexibility index (Phi) is 5.06. The molecule has 1 aromatic heterocycles. The van der Waals surface area contributed by atoms with E-state index in [1.165, 1.54) is 18.2 Å². The highest BCUT2D eigenvalue weighted by molar-refractivity contribution is 7.89. The summed E-state index contributed by atoms with van der Waals surface area (Å²) in [7, 11) is -3.89. The Morgan fingerprint density at radius 2 is 1.81 bits per heavy atom. The molecule has 0 aliphatic carbocycles. The zero-order valence-electron chi connectivity index (χ0n) is 14.8. The molecule has 0 saturated heterocycles. The molecule has 0 radical (unpaired) electrons. The SMILES string of the molecule is Cc1nn(-c2ccccc2)c(C)c1CNS(=O)(=O)c1cccc([N+](=O)[O-])c1. The molecule has 0 atom stereocenters. The number of non-ortho nitro benzene ring substituents is 1. The van der Waals surface area contributed by atoms with Gasteiger partial charge in [0.1, 0.15) is 0 Å². The third-order valence-corrected chi connectivity index (χ3v) is 5.62. The topological polar surface area (TPSA) is 107 Å². The Labute approximate surface area is 156 Å². The highest BCUT2D eigenvalue weighted by Crippen LogP contribution is 2.20. The van der Waals surface area contributed by atoms with Crippen molar-refractivity contribution in [3.63, 3.8) is 0 Å². The normalized spacial score (nSPS) is 11.5. The van der Waals surface area contributed by atoms with Gasteiger partial charge in [-0.15, -0.1) is 0 Å². The predicted molar refractivity (Wildman–Crippen MR) is 100 cm³/mol. The number of hydrogen-bond donors (Lipinski definition) is 1. The molecule has 140 valence electrons. The van der Waals surface area contributed by atoms with Crippen LogP contribution >= 0.6 is 0 Å². The highest BCUT2D eigenvalue weighted by atomic mass is 32.2. The maximum atomic E-state index is 12.5. The predicted octanol–water partition coefficient (Wildman–Crippen LogP) is 2.88. The smallest absolute Gasteiger partial charge is 0.258 e. The van der Waals surface area contributed by atoms with Crippen LogP contribution in [-0.4, -0.2) is 23.1 Å². The van der Waals surface area contributed by atoms with Crippen molar-refractivity contribution in [2.24, 2.45) is 0 Å². The number of para-hydroxylation sites is 1. The zero-order chi connectivity index (χ0) is 19.6. The minimum atomic E-state index is -3.89. The van der Waals surface area contributed by atoms with Crippen LogP contribution in [0.3, 0.4) is 0 Å². The molecule has 2 aromatic carbocycles. The summed E-state index contributed by atoms with van der Waals surface area (Å²) in [5.74, 6) is 0. The molecular formula is C18H18N4O4S. The van der Waals surface area contributed by atoms with Crippen molar-refractivity contribution in [3.05, 3.63) is 81.7 Å². The lowest BCUT2D eigenvalue weighted by atomic mass is 10.2. The number of benzene rings is 2. The van der Waals surface area contributed by atoms with Crippen molar-refractivity contribution in [3.8, 4) is 5.69 Å². The summed E-state index contributed by atoms with van der Waals surface area (Å²) >= 11 is 0. The zero-order valence-corrected chi connectivity index (χ0v) is 15.6. The van der Waals surface area contributed by atoms with Gasteiger partial charge in [0.2, 0.25) is 10.0 Å². The van der Waals surface area contributed by atoms with Crippen molar-refractivity contribution in [2.45, 2.75) is 25.3 Å². The van der Waals surface area contributed by atoms with Gasteiger partial charge in [-0.1, -0.05) is 24.3 Å². The molecule has 8 nitrogen and oxygen atoms in total. The van der Waals surface area contributed by atoms with Crippen molar-refractivity contribution < 1.29 is 13.3 Å². The standard InChI is InChI=1S/C18H18N4O4S/c1-13-18(14(2)21(20-13)15-7-4-3-5-8-15)12-19-27(25,26)17-10-6-9-16(11-17)22(23)24/h3-11,19H,12H2,1-2H3. The second-order valence-corrected chi connectivity index (χ2v) is 7.74. The van der Waals surface area contributed by atoms with Crippen LogP contribution in [0, 0.1) is 24.0 Å². The monoisotopic (exact) mass is 386 g/mol. The Hall–Kier alpha value is -3.04. The van der Waals surface area contributed by atoms with E-state index < -0.39 is 14.9 Å². The summed E-state index contributed by atoms with van der Waals surface area (Å²) in [5, 5.41) is 15.3.